The van der Waals surface area contributed by atoms with E-state index in [1.54, 1.807) is 21.9 Å². The minimum atomic E-state index is -4.66. The summed E-state index contributed by atoms with van der Waals surface area (Å²) in [4.78, 5) is 26.2. The Kier molecular flexibility index (Phi) is 6.44. The summed E-state index contributed by atoms with van der Waals surface area (Å²) in [5.74, 6) is -0.342. The highest BCUT2D eigenvalue weighted by Crippen LogP contribution is 2.36. The third kappa shape index (κ3) is 5.29. The first-order chi connectivity index (χ1) is 14.6. The van der Waals surface area contributed by atoms with Gasteiger partial charge < -0.3 is 9.80 Å². The number of thiocarbonyl (C=S) groups is 1. The number of nitro benzene ring substituents is 1. The number of anilines is 1. The average Bonchev–Trinajstić information content (AvgIpc) is 2.73. The second kappa shape index (κ2) is 8.88. The lowest BCUT2D eigenvalue weighted by atomic mass is 10.1. The minimum absolute atomic E-state index is 0.118. The molecule has 31 heavy (non-hydrogen) atoms. The van der Waals surface area contributed by atoms with Gasteiger partial charge in [0, 0.05) is 37.8 Å². The maximum absolute atomic E-state index is 12.9. The van der Waals surface area contributed by atoms with Crippen LogP contribution in [-0.2, 0) is 6.18 Å². The number of carbonyl (C=O) groups excluding carboxylic acids is 1. The van der Waals surface area contributed by atoms with Crippen molar-refractivity contribution in [2.75, 3.05) is 31.1 Å². The second-order valence-electron chi connectivity index (χ2n) is 7.06. The summed E-state index contributed by atoms with van der Waals surface area (Å²) in [6.45, 7) is 3.21. The van der Waals surface area contributed by atoms with Crippen molar-refractivity contribution in [3.8, 4) is 0 Å². The number of alkyl halides is 3. The highest BCUT2D eigenvalue weighted by Gasteiger charge is 2.34. The molecule has 1 amide bonds. The van der Waals surface area contributed by atoms with Crippen molar-refractivity contribution in [2.24, 2.45) is 0 Å². The summed E-state index contributed by atoms with van der Waals surface area (Å²) >= 11 is 5.30. The summed E-state index contributed by atoms with van der Waals surface area (Å²) in [6.07, 6.45) is -4.66. The number of nitrogens with zero attached hydrogens (tertiary/aromatic N) is 3. The van der Waals surface area contributed by atoms with E-state index in [1.165, 1.54) is 0 Å². The third-order valence-corrected chi connectivity index (χ3v) is 5.30. The number of nitrogens with one attached hydrogen (secondary N) is 1. The van der Waals surface area contributed by atoms with Crippen molar-refractivity contribution in [2.45, 2.75) is 13.1 Å². The summed E-state index contributed by atoms with van der Waals surface area (Å²) in [5, 5.41) is 14.2. The van der Waals surface area contributed by atoms with Crippen LogP contribution in [0.1, 0.15) is 21.5 Å². The van der Waals surface area contributed by atoms with E-state index in [0.29, 0.717) is 37.8 Å². The molecule has 2 aromatic rings. The zero-order valence-corrected chi connectivity index (χ0v) is 17.3. The largest absolute Gasteiger partial charge is 0.416 e. The molecule has 0 atom stereocenters. The fraction of sp³-hybridized carbons (Fsp3) is 0.300. The maximum Gasteiger partial charge on any atom is 0.416 e. The predicted octanol–water partition coefficient (Wildman–Crippen LogP) is 3.76. The molecule has 164 valence electrons. The standard InChI is InChI=1S/C20H19F3N4O3S/c1-13-2-4-14(5-3-13)18(28)24-19(31)26-10-8-25(9-11-26)16-7-6-15(20(21,22)23)12-17(16)27(29)30/h2-7,12H,8-11H2,1H3,(H,24,28,31). The maximum atomic E-state index is 12.9. The van der Waals surface area contributed by atoms with Crippen LogP contribution in [0.3, 0.4) is 0 Å². The minimum Gasteiger partial charge on any atom is -0.362 e. The van der Waals surface area contributed by atoms with Crippen molar-refractivity contribution >= 4 is 34.6 Å². The predicted molar refractivity (Wildman–Crippen MR) is 113 cm³/mol. The van der Waals surface area contributed by atoms with Crippen molar-refractivity contribution in [3.63, 3.8) is 0 Å². The van der Waals surface area contributed by atoms with E-state index in [-0.39, 0.29) is 16.7 Å². The van der Waals surface area contributed by atoms with Gasteiger partial charge >= 0.3 is 6.18 Å². The van der Waals surface area contributed by atoms with Crippen LogP contribution in [0.25, 0.3) is 0 Å². The summed E-state index contributed by atoms with van der Waals surface area (Å²) in [7, 11) is 0. The number of benzene rings is 2. The molecule has 0 saturated carbocycles. The van der Waals surface area contributed by atoms with Gasteiger partial charge in [-0.1, -0.05) is 17.7 Å². The SMILES string of the molecule is Cc1ccc(C(=O)NC(=S)N2CCN(c3ccc(C(F)(F)F)cc3[N+](=O)[O-])CC2)cc1. The van der Waals surface area contributed by atoms with E-state index in [9.17, 15) is 28.1 Å². The Labute approximate surface area is 181 Å². The normalized spacial score (nSPS) is 14.3. The molecule has 0 spiro atoms. The number of aryl methyl sites for hydroxylation is 1. The number of halogens is 3. The summed E-state index contributed by atoms with van der Waals surface area (Å²) < 4.78 is 38.7. The lowest BCUT2D eigenvalue weighted by molar-refractivity contribution is -0.384. The molecule has 1 aliphatic heterocycles. The number of carbonyl (C=O) groups is 1. The molecule has 7 nitrogen and oxygen atoms in total. The topological polar surface area (TPSA) is 78.7 Å². The van der Waals surface area contributed by atoms with Crippen LogP contribution < -0.4 is 10.2 Å². The molecule has 2 aromatic carbocycles. The number of amides is 1. The van der Waals surface area contributed by atoms with Crippen LogP contribution in [0.5, 0.6) is 0 Å². The Morgan fingerprint density at radius 2 is 1.71 bits per heavy atom. The number of nitro groups is 1. The number of rotatable bonds is 3. The van der Waals surface area contributed by atoms with Gasteiger partial charge in [-0.05, 0) is 43.4 Å². The zero-order valence-electron chi connectivity index (χ0n) is 16.5. The number of piperazine rings is 1. The van der Waals surface area contributed by atoms with E-state index in [1.807, 2.05) is 19.1 Å². The first-order valence-corrected chi connectivity index (χ1v) is 9.74. The molecule has 0 radical (unpaired) electrons. The van der Waals surface area contributed by atoms with Gasteiger partial charge in [0.15, 0.2) is 5.11 Å². The van der Waals surface area contributed by atoms with Gasteiger partial charge in [0.1, 0.15) is 5.69 Å². The van der Waals surface area contributed by atoms with Gasteiger partial charge in [0.2, 0.25) is 0 Å². The van der Waals surface area contributed by atoms with Gasteiger partial charge in [-0.2, -0.15) is 13.2 Å². The monoisotopic (exact) mass is 452 g/mol. The molecule has 0 bridgehead atoms. The molecular formula is C20H19F3N4O3S. The Morgan fingerprint density at radius 3 is 2.26 bits per heavy atom. The average molecular weight is 452 g/mol. The highest BCUT2D eigenvalue weighted by atomic mass is 32.1. The fourth-order valence-corrected chi connectivity index (χ4v) is 3.49. The van der Waals surface area contributed by atoms with Crippen LogP contribution in [0.15, 0.2) is 42.5 Å². The lowest BCUT2D eigenvalue weighted by Crippen LogP contribution is -2.52. The van der Waals surface area contributed by atoms with Crippen molar-refractivity contribution in [1.29, 1.82) is 0 Å². The molecule has 11 heteroatoms. The van der Waals surface area contributed by atoms with Crippen molar-refractivity contribution < 1.29 is 22.9 Å². The molecular weight excluding hydrogens is 433 g/mol. The van der Waals surface area contributed by atoms with Gasteiger partial charge in [-0.3, -0.25) is 20.2 Å². The quantitative estimate of drug-likeness (QED) is 0.434. The highest BCUT2D eigenvalue weighted by molar-refractivity contribution is 7.80. The van der Waals surface area contributed by atoms with Crippen molar-refractivity contribution in [3.05, 3.63) is 69.3 Å². The number of hydrogen-bond donors (Lipinski definition) is 1. The van der Waals surface area contributed by atoms with Crippen LogP contribution in [0, 0.1) is 17.0 Å². The van der Waals surface area contributed by atoms with Gasteiger partial charge in [-0.25, -0.2) is 0 Å². The molecule has 1 heterocycles. The van der Waals surface area contributed by atoms with E-state index in [4.69, 9.17) is 12.2 Å². The van der Waals surface area contributed by atoms with E-state index >= 15 is 0 Å². The van der Waals surface area contributed by atoms with E-state index in [2.05, 4.69) is 5.32 Å². The van der Waals surface area contributed by atoms with Gasteiger partial charge in [0.05, 0.1) is 10.5 Å². The molecule has 1 aliphatic rings. The third-order valence-electron chi connectivity index (χ3n) is 4.94. The summed E-state index contributed by atoms with van der Waals surface area (Å²) in [6, 6.07) is 9.51. The van der Waals surface area contributed by atoms with E-state index < -0.39 is 22.4 Å². The molecule has 0 aliphatic carbocycles. The van der Waals surface area contributed by atoms with Crippen LogP contribution in [0.2, 0.25) is 0 Å². The van der Waals surface area contributed by atoms with Crippen molar-refractivity contribution in [1.82, 2.24) is 10.2 Å². The molecule has 1 fully saturated rings. The first kappa shape index (κ1) is 22.5. The molecule has 3 rings (SSSR count). The lowest BCUT2D eigenvalue weighted by Gasteiger charge is -2.37. The Balaban J connectivity index is 1.65. The van der Waals surface area contributed by atoms with Crippen LogP contribution in [0.4, 0.5) is 24.5 Å². The van der Waals surface area contributed by atoms with Gasteiger partial charge in [-0.15, -0.1) is 0 Å². The Bertz CT molecular complexity index is 1000. The van der Waals surface area contributed by atoms with Crippen LogP contribution >= 0.6 is 12.2 Å². The first-order valence-electron chi connectivity index (χ1n) is 9.34. The number of hydrogen-bond acceptors (Lipinski definition) is 5. The van der Waals surface area contributed by atoms with Gasteiger partial charge in [0.25, 0.3) is 11.6 Å². The van der Waals surface area contributed by atoms with Crippen LogP contribution in [-0.4, -0.2) is 47.0 Å². The molecule has 0 aromatic heterocycles. The van der Waals surface area contributed by atoms with E-state index in [0.717, 1.165) is 17.7 Å². The second-order valence-corrected chi connectivity index (χ2v) is 7.44. The fourth-order valence-electron chi connectivity index (χ4n) is 3.22. The molecule has 0 unspecified atom stereocenters. The Morgan fingerprint density at radius 1 is 1.10 bits per heavy atom. The molecule has 1 saturated heterocycles. The molecule has 1 N–H and O–H groups in total. The summed E-state index contributed by atoms with van der Waals surface area (Å²) in [5.41, 5.74) is -0.0630. The Hall–Kier alpha value is -3.21. The zero-order chi connectivity index (χ0) is 22.8. The smallest absolute Gasteiger partial charge is 0.362 e.